The second-order valence-corrected chi connectivity index (χ2v) is 31.3. The van der Waals surface area contributed by atoms with Gasteiger partial charge in [-0.3, -0.25) is 9.59 Å². The molecule has 0 fully saturated rings. The number of carbonyl (C=O) groups is 2. The Kier molecular flexibility index (Phi) is 40.8. The number of carbonyl (C=O) groups excluding carboxylic acids is 2. The van der Waals surface area contributed by atoms with Crippen LogP contribution in [0.25, 0.3) is 0 Å². The Morgan fingerprint density at radius 3 is 0.753 bits per heavy atom. The van der Waals surface area contributed by atoms with Gasteiger partial charge in [-0.1, -0.05) is 246 Å². The Morgan fingerprint density at radius 1 is 0.333 bits per heavy atom. The molecule has 0 saturated carbocycles. The summed E-state index contributed by atoms with van der Waals surface area (Å²) in [6.45, 7) is 46.0. The summed E-state index contributed by atoms with van der Waals surface area (Å²) in [5.74, 6) is 12.0. The second-order valence-electron chi connectivity index (χ2n) is 31.3. The highest BCUT2D eigenvalue weighted by atomic mass is 16.5. The molecule has 0 saturated heterocycles. The molecule has 0 spiro atoms. The molecule has 10 heteroatoms. The zero-order chi connectivity index (χ0) is 68.8. The molecule has 6 atom stereocenters. The van der Waals surface area contributed by atoms with Crippen LogP contribution in [0.15, 0.2) is 36.4 Å². The molecule has 2 amide bonds. The van der Waals surface area contributed by atoms with E-state index >= 15 is 0 Å². The lowest BCUT2D eigenvalue weighted by molar-refractivity contribution is 0.101. The lowest BCUT2D eigenvalue weighted by atomic mass is 9.97. The first-order chi connectivity index (χ1) is 44.2. The average Bonchev–Trinajstić information content (AvgIpc) is 0.842. The van der Waals surface area contributed by atoms with Crippen molar-refractivity contribution in [1.29, 1.82) is 0 Å². The fraction of sp³-hybridized carbons (Fsp3) is 0.735. The third-order valence-electron chi connectivity index (χ3n) is 18.7. The van der Waals surface area contributed by atoms with Crippen molar-refractivity contribution in [3.05, 3.63) is 58.7 Å². The smallest absolute Gasteiger partial charge is 0.255 e. The molecule has 0 aromatic heterocycles. The molecule has 2 N–H and O–H groups in total. The second kappa shape index (κ2) is 46.2. The van der Waals surface area contributed by atoms with Crippen molar-refractivity contribution in [3.63, 3.8) is 0 Å². The van der Waals surface area contributed by atoms with Crippen LogP contribution in [0.5, 0.6) is 34.5 Å². The number of hydrogen-bond acceptors (Lipinski definition) is 8. The average molecular weight is 1290 g/mol. The summed E-state index contributed by atoms with van der Waals surface area (Å²) in [6.07, 6.45) is 32.6. The van der Waals surface area contributed by atoms with E-state index in [1.165, 1.54) is 77.0 Å². The SMILES string of the molecule is C#Cc1cc(NC(=O)c2cc(OCC[C@@H](C)CCCC(C)C)c(OCC[C@@H](C)CCCC(C)C)c(OCC[C@@H](C)CCCC(C)C)c2)c(C)c(NC(=O)c2cc(OCC[C@@H](C)CCCC(C)C)c(OCC[C@@H](C)CCCC(C)C)c(OCC[C@@H](C)CCCC(C)C)c2)c1. The van der Waals surface area contributed by atoms with Crippen LogP contribution in [0.3, 0.4) is 0 Å². The summed E-state index contributed by atoms with van der Waals surface area (Å²) in [4.78, 5) is 29.9. The molecule has 0 radical (unpaired) electrons. The van der Waals surface area contributed by atoms with Crippen molar-refractivity contribution < 1.29 is 38.0 Å². The van der Waals surface area contributed by atoms with Gasteiger partial charge in [0.1, 0.15) is 0 Å². The third-order valence-corrected chi connectivity index (χ3v) is 18.7. The van der Waals surface area contributed by atoms with Crippen LogP contribution in [0, 0.1) is 90.3 Å². The monoisotopic (exact) mass is 1290 g/mol. The molecular weight excluding hydrogens is 1150 g/mol. The van der Waals surface area contributed by atoms with Crippen molar-refractivity contribution in [3.8, 4) is 46.8 Å². The van der Waals surface area contributed by atoms with Crippen molar-refractivity contribution in [2.75, 3.05) is 50.3 Å². The van der Waals surface area contributed by atoms with Gasteiger partial charge in [0, 0.05) is 28.1 Å². The van der Waals surface area contributed by atoms with Gasteiger partial charge in [0.05, 0.1) is 39.6 Å². The zero-order valence-corrected chi connectivity index (χ0v) is 62.9. The zero-order valence-electron chi connectivity index (χ0n) is 62.9. The molecule has 3 aromatic rings. The standard InChI is InChI=1S/C83H138N2O8/c1-21-71-52-74(84-82(86)72-54-76(88-46-40-64(14)34-22-28-58(2)3)80(92-50-44-68(18)38-26-32-62(10)11)77(55-72)89-47-41-65(15)35-23-29-59(4)5)70(20)75(53-71)85-83(87)73-56-78(90-48-42-66(16)36-24-30-60(6)7)81(93-51-45-69(19)39-27-33-63(12)13)79(57-73)91-49-43-67(17)37-25-31-61(8)9/h1,52-69H,22-51H2,2-20H3,(H,84,86)(H,85,87)/t64-,65-,66-,67-,68-,69-/m0/s1. The number of rotatable bonds is 52. The Labute approximate surface area is 570 Å². The van der Waals surface area contributed by atoms with Gasteiger partial charge in [-0.05, 0) is 158 Å². The van der Waals surface area contributed by atoms with Crippen LogP contribution < -0.4 is 39.1 Å². The highest BCUT2D eigenvalue weighted by molar-refractivity contribution is 6.08. The minimum atomic E-state index is -0.374. The van der Waals surface area contributed by atoms with Crippen molar-refractivity contribution in [1.82, 2.24) is 0 Å². The van der Waals surface area contributed by atoms with Crippen LogP contribution in [-0.2, 0) is 0 Å². The van der Waals surface area contributed by atoms with E-state index in [0.29, 0.717) is 179 Å². The lowest BCUT2D eigenvalue weighted by Gasteiger charge is -2.22. The van der Waals surface area contributed by atoms with Gasteiger partial charge in [0.25, 0.3) is 11.8 Å². The number of anilines is 2. The molecule has 0 unspecified atom stereocenters. The highest BCUT2D eigenvalue weighted by Gasteiger charge is 2.25. The molecule has 0 aliphatic heterocycles. The molecule has 93 heavy (non-hydrogen) atoms. The van der Waals surface area contributed by atoms with Gasteiger partial charge in [-0.25, -0.2) is 0 Å². The molecule has 3 rings (SSSR count). The molecule has 10 nitrogen and oxygen atoms in total. The first-order valence-electron chi connectivity index (χ1n) is 37.6. The van der Waals surface area contributed by atoms with Gasteiger partial charge in [0.15, 0.2) is 23.0 Å². The minimum absolute atomic E-state index is 0.360. The molecule has 3 aromatic carbocycles. The lowest BCUT2D eigenvalue weighted by Crippen LogP contribution is -2.18. The number of nitrogens with one attached hydrogen (secondary N) is 2. The van der Waals surface area contributed by atoms with Crippen LogP contribution >= 0.6 is 0 Å². The van der Waals surface area contributed by atoms with Crippen LogP contribution in [-0.4, -0.2) is 51.5 Å². The Morgan fingerprint density at radius 2 is 0.548 bits per heavy atom. The maximum Gasteiger partial charge on any atom is 0.255 e. The molecular formula is C83H138N2O8. The quantitative estimate of drug-likeness (QED) is 0.0538. The van der Waals surface area contributed by atoms with E-state index in [2.05, 4.69) is 141 Å². The summed E-state index contributed by atoms with van der Waals surface area (Å²) < 4.78 is 40.4. The summed E-state index contributed by atoms with van der Waals surface area (Å²) in [5, 5.41) is 6.40. The van der Waals surface area contributed by atoms with Crippen molar-refractivity contribution >= 4 is 23.2 Å². The van der Waals surface area contributed by atoms with Gasteiger partial charge in [-0.15, -0.1) is 6.42 Å². The maximum absolute atomic E-state index is 15.0. The summed E-state index contributed by atoms with van der Waals surface area (Å²) in [7, 11) is 0. The molecule has 0 aliphatic rings. The fourth-order valence-electron chi connectivity index (χ4n) is 11.9. The highest BCUT2D eigenvalue weighted by Crippen LogP contribution is 2.43. The van der Waals surface area contributed by atoms with Crippen molar-refractivity contribution in [2.45, 2.75) is 286 Å². The van der Waals surface area contributed by atoms with Crippen molar-refractivity contribution in [2.24, 2.45) is 71.0 Å². The number of benzene rings is 3. The minimum Gasteiger partial charge on any atom is -0.490 e. The predicted molar refractivity (Wildman–Crippen MR) is 396 cm³/mol. The van der Waals surface area contributed by atoms with E-state index in [-0.39, 0.29) is 11.8 Å². The molecule has 0 aliphatic carbocycles. The third kappa shape index (κ3) is 35.5. The van der Waals surface area contributed by atoms with E-state index in [9.17, 15) is 9.59 Å². The summed E-state index contributed by atoms with van der Waals surface area (Å²) in [6, 6.07) is 10.8. The van der Waals surface area contributed by atoms with E-state index in [4.69, 9.17) is 34.8 Å². The molecule has 528 valence electrons. The normalized spacial score (nSPS) is 13.7. The van der Waals surface area contributed by atoms with E-state index in [0.717, 1.165) is 77.0 Å². The van der Waals surface area contributed by atoms with E-state index < -0.39 is 0 Å². The summed E-state index contributed by atoms with van der Waals surface area (Å²) >= 11 is 0. The van der Waals surface area contributed by atoms with Gasteiger partial charge in [0.2, 0.25) is 11.5 Å². The number of amides is 2. The van der Waals surface area contributed by atoms with Gasteiger partial charge >= 0.3 is 0 Å². The topological polar surface area (TPSA) is 114 Å². The Bertz CT molecular complexity index is 2320. The van der Waals surface area contributed by atoms with Gasteiger partial charge < -0.3 is 39.1 Å². The maximum atomic E-state index is 15.0. The molecule has 0 bridgehead atoms. The Balaban J connectivity index is 2.13. The predicted octanol–water partition coefficient (Wildman–Crippen LogP) is 23.9. The van der Waals surface area contributed by atoms with Crippen LogP contribution in [0.2, 0.25) is 0 Å². The Hall–Kier alpha value is -5.04. The number of hydrogen-bond donors (Lipinski definition) is 2. The fourth-order valence-corrected chi connectivity index (χ4v) is 11.9. The molecule has 0 heterocycles. The summed E-state index contributed by atoms with van der Waals surface area (Å²) in [5.41, 5.74) is 2.78. The number of terminal acetylenes is 1. The first kappa shape index (κ1) is 82.2. The number of ether oxygens (including phenoxy) is 6. The van der Waals surface area contributed by atoms with Crippen LogP contribution in [0.4, 0.5) is 11.4 Å². The van der Waals surface area contributed by atoms with Crippen LogP contribution in [0.1, 0.15) is 311 Å². The van der Waals surface area contributed by atoms with E-state index in [1.807, 2.05) is 6.92 Å². The van der Waals surface area contributed by atoms with Gasteiger partial charge in [-0.2, -0.15) is 0 Å². The first-order valence-corrected chi connectivity index (χ1v) is 37.6. The van der Waals surface area contributed by atoms with E-state index in [1.54, 1.807) is 36.4 Å². The largest absolute Gasteiger partial charge is 0.490 e.